The van der Waals surface area contributed by atoms with E-state index in [1.54, 1.807) is 6.07 Å². The summed E-state index contributed by atoms with van der Waals surface area (Å²) in [6.45, 7) is 6.95. The Hall–Kier alpha value is -1.42. The first kappa shape index (κ1) is 15.0. The molecular formula is C16H24N2O2. The Morgan fingerprint density at radius 3 is 2.80 bits per heavy atom. The Kier molecular flexibility index (Phi) is 4.76. The molecule has 0 aliphatic heterocycles. The van der Waals surface area contributed by atoms with E-state index in [2.05, 4.69) is 10.3 Å². The van der Waals surface area contributed by atoms with Gasteiger partial charge < -0.3 is 10.1 Å². The fourth-order valence-electron chi connectivity index (χ4n) is 1.77. The first-order valence-electron chi connectivity index (χ1n) is 7.30. The largest absolute Gasteiger partial charge is 0.375 e. The molecule has 1 aliphatic rings. The van der Waals surface area contributed by atoms with Gasteiger partial charge in [0.1, 0.15) is 5.82 Å². The van der Waals surface area contributed by atoms with Crippen molar-refractivity contribution < 1.29 is 9.53 Å². The third-order valence-electron chi connectivity index (χ3n) is 3.35. The van der Waals surface area contributed by atoms with Crippen LogP contribution < -0.4 is 5.32 Å². The molecule has 2 rings (SSSR count). The summed E-state index contributed by atoms with van der Waals surface area (Å²) >= 11 is 0. The molecule has 1 aromatic rings. The fraction of sp³-hybridized carbons (Fsp3) is 0.625. The molecule has 0 spiro atoms. The number of carbonyl (C=O) groups is 1. The lowest BCUT2D eigenvalue weighted by Gasteiger charge is -2.17. The van der Waals surface area contributed by atoms with Crippen LogP contribution in [-0.4, -0.2) is 17.5 Å². The lowest BCUT2D eigenvalue weighted by atomic mass is 9.96. The highest BCUT2D eigenvalue weighted by Crippen LogP contribution is 2.32. The Balaban J connectivity index is 1.81. The SMILES string of the molecule is CC(C)(C)C(=O)Nc1cccc(COCCC2CC2)n1. The van der Waals surface area contributed by atoms with Crippen LogP contribution >= 0.6 is 0 Å². The molecule has 0 saturated heterocycles. The molecule has 1 N–H and O–H groups in total. The zero-order valence-electron chi connectivity index (χ0n) is 12.6. The molecule has 0 atom stereocenters. The van der Waals surface area contributed by atoms with Gasteiger partial charge in [-0.05, 0) is 24.5 Å². The highest BCUT2D eigenvalue weighted by molar-refractivity contribution is 5.93. The molecule has 20 heavy (non-hydrogen) atoms. The summed E-state index contributed by atoms with van der Waals surface area (Å²) in [7, 11) is 0. The zero-order valence-corrected chi connectivity index (χ0v) is 12.6. The van der Waals surface area contributed by atoms with Crippen molar-refractivity contribution in [2.45, 2.75) is 46.6 Å². The number of hydrogen-bond acceptors (Lipinski definition) is 3. The number of amides is 1. The number of carbonyl (C=O) groups excluding carboxylic acids is 1. The summed E-state index contributed by atoms with van der Waals surface area (Å²) in [5, 5.41) is 2.84. The van der Waals surface area contributed by atoms with Crippen molar-refractivity contribution >= 4 is 11.7 Å². The standard InChI is InChI=1S/C16H24N2O2/c1-16(2,3)15(19)18-14-6-4-5-13(17-14)11-20-10-9-12-7-8-12/h4-6,12H,7-11H2,1-3H3,(H,17,18,19). The maximum atomic E-state index is 11.9. The predicted octanol–water partition coefficient (Wildman–Crippen LogP) is 3.38. The van der Waals surface area contributed by atoms with Crippen molar-refractivity contribution in [1.29, 1.82) is 0 Å². The van der Waals surface area contributed by atoms with Crippen LogP contribution in [0.3, 0.4) is 0 Å². The fourth-order valence-corrected chi connectivity index (χ4v) is 1.77. The Labute approximate surface area is 120 Å². The van der Waals surface area contributed by atoms with E-state index in [-0.39, 0.29) is 5.91 Å². The molecule has 0 unspecified atom stereocenters. The van der Waals surface area contributed by atoms with Gasteiger partial charge in [0, 0.05) is 12.0 Å². The second kappa shape index (κ2) is 6.35. The van der Waals surface area contributed by atoms with Crippen molar-refractivity contribution in [3.05, 3.63) is 23.9 Å². The number of rotatable bonds is 6. The molecule has 0 aromatic carbocycles. The van der Waals surface area contributed by atoms with E-state index in [9.17, 15) is 4.79 Å². The predicted molar refractivity (Wildman–Crippen MR) is 79.3 cm³/mol. The van der Waals surface area contributed by atoms with Gasteiger partial charge in [0.05, 0.1) is 12.3 Å². The Morgan fingerprint density at radius 1 is 1.40 bits per heavy atom. The van der Waals surface area contributed by atoms with Crippen LogP contribution in [0.2, 0.25) is 0 Å². The minimum Gasteiger partial charge on any atom is -0.375 e. The number of nitrogens with zero attached hydrogens (tertiary/aromatic N) is 1. The van der Waals surface area contributed by atoms with Crippen LogP contribution in [0.25, 0.3) is 0 Å². The molecule has 4 heteroatoms. The van der Waals surface area contributed by atoms with Crippen molar-refractivity contribution in [3.63, 3.8) is 0 Å². The first-order chi connectivity index (χ1) is 9.45. The second-order valence-corrected chi connectivity index (χ2v) is 6.50. The smallest absolute Gasteiger partial charge is 0.230 e. The number of anilines is 1. The summed E-state index contributed by atoms with van der Waals surface area (Å²) in [5.74, 6) is 1.45. The molecule has 110 valence electrons. The number of nitrogens with one attached hydrogen (secondary N) is 1. The average Bonchev–Trinajstić information content (AvgIpc) is 3.18. The zero-order chi connectivity index (χ0) is 14.6. The molecule has 0 radical (unpaired) electrons. The average molecular weight is 276 g/mol. The minimum atomic E-state index is -0.418. The molecule has 1 amide bonds. The third kappa shape index (κ3) is 4.93. The summed E-state index contributed by atoms with van der Waals surface area (Å²) in [4.78, 5) is 16.3. The summed E-state index contributed by atoms with van der Waals surface area (Å²) < 4.78 is 5.62. The summed E-state index contributed by atoms with van der Waals surface area (Å²) in [6.07, 6.45) is 3.87. The van der Waals surface area contributed by atoms with Crippen LogP contribution in [0.4, 0.5) is 5.82 Å². The molecular weight excluding hydrogens is 252 g/mol. The Bertz CT molecular complexity index is 462. The van der Waals surface area contributed by atoms with Gasteiger partial charge in [0.25, 0.3) is 0 Å². The monoisotopic (exact) mass is 276 g/mol. The molecule has 1 heterocycles. The van der Waals surface area contributed by atoms with Crippen molar-refractivity contribution in [2.24, 2.45) is 11.3 Å². The van der Waals surface area contributed by atoms with E-state index in [0.717, 1.165) is 24.6 Å². The van der Waals surface area contributed by atoms with Crippen LogP contribution in [0, 0.1) is 11.3 Å². The van der Waals surface area contributed by atoms with Crippen molar-refractivity contribution in [3.8, 4) is 0 Å². The van der Waals surface area contributed by atoms with E-state index < -0.39 is 5.41 Å². The number of pyridine rings is 1. The van der Waals surface area contributed by atoms with E-state index in [0.29, 0.717) is 12.4 Å². The van der Waals surface area contributed by atoms with Gasteiger partial charge in [-0.15, -0.1) is 0 Å². The molecule has 0 bridgehead atoms. The molecule has 1 aliphatic carbocycles. The first-order valence-corrected chi connectivity index (χ1v) is 7.30. The van der Waals surface area contributed by atoms with Gasteiger partial charge in [0.2, 0.25) is 5.91 Å². The summed E-state index contributed by atoms with van der Waals surface area (Å²) in [5.41, 5.74) is 0.436. The van der Waals surface area contributed by atoms with Gasteiger partial charge in [-0.3, -0.25) is 4.79 Å². The van der Waals surface area contributed by atoms with Gasteiger partial charge in [-0.2, -0.15) is 0 Å². The van der Waals surface area contributed by atoms with Gasteiger partial charge >= 0.3 is 0 Å². The van der Waals surface area contributed by atoms with Gasteiger partial charge in [0.15, 0.2) is 0 Å². The maximum Gasteiger partial charge on any atom is 0.230 e. The van der Waals surface area contributed by atoms with E-state index in [1.807, 2.05) is 32.9 Å². The van der Waals surface area contributed by atoms with Crippen LogP contribution in [-0.2, 0) is 16.1 Å². The highest BCUT2D eigenvalue weighted by atomic mass is 16.5. The van der Waals surface area contributed by atoms with Crippen molar-refractivity contribution in [2.75, 3.05) is 11.9 Å². The van der Waals surface area contributed by atoms with E-state index in [1.165, 1.54) is 12.8 Å². The molecule has 4 nitrogen and oxygen atoms in total. The molecule has 1 aromatic heterocycles. The lowest BCUT2D eigenvalue weighted by molar-refractivity contribution is -0.123. The molecule has 1 saturated carbocycles. The third-order valence-corrected chi connectivity index (χ3v) is 3.35. The van der Waals surface area contributed by atoms with Crippen LogP contribution in [0.15, 0.2) is 18.2 Å². The van der Waals surface area contributed by atoms with Crippen LogP contribution in [0.5, 0.6) is 0 Å². The van der Waals surface area contributed by atoms with Gasteiger partial charge in [-0.1, -0.05) is 39.7 Å². The van der Waals surface area contributed by atoms with Crippen LogP contribution in [0.1, 0.15) is 45.7 Å². The Morgan fingerprint density at radius 2 is 2.15 bits per heavy atom. The quantitative estimate of drug-likeness (QED) is 0.810. The van der Waals surface area contributed by atoms with E-state index in [4.69, 9.17) is 4.74 Å². The number of hydrogen-bond donors (Lipinski definition) is 1. The highest BCUT2D eigenvalue weighted by Gasteiger charge is 2.22. The topological polar surface area (TPSA) is 51.2 Å². The van der Waals surface area contributed by atoms with E-state index >= 15 is 0 Å². The number of aromatic nitrogens is 1. The number of ether oxygens (including phenoxy) is 1. The summed E-state index contributed by atoms with van der Waals surface area (Å²) in [6, 6.07) is 5.62. The van der Waals surface area contributed by atoms with Crippen molar-refractivity contribution in [1.82, 2.24) is 4.98 Å². The maximum absolute atomic E-state index is 11.9. The normalized spacial score (nSPS) is 15.2. The molecule has 1 fully saturated rings. The second-order valence-electron chi connectivity index (χ2n) is 6.50. The minimum absolute atomic E-state index is 0.0307. The van der Waals surface area contributed by atoms with Gasteiger partial charge in [-0.25, -0.2) is 4.98 Å². The lowest BCUT2D eigenvalue weighted by Crippen LogP contribution is -2.28.